The quantitative estimate of drug-likeness (QED) is 0.917. The average molecular weight is 303 g/mol. The molecule has 0 bridgehead atoms. The van der Waals surface area contributed by atoms with Crippen molar-refractivity contribution < 1.29 is 8.95 Å². The zero-order valence-corrected chi connectivity index (χ0v) is 13.7. The van der Waals surface area contributed by atoms with Gasteiger partial charge in [-0.3, -0.25) is 0 Å². The Morgan fingerprint density at radius 2 is 1.76 bits per heavy atom. The molecule has 1 unspecified atom stereocenters. The van der Waals surface area contributed by atoms with Crippen molar-refractivity contribution in [3.63, 3.8) is 0 Å². The molecule has 0 saturated carbocycles. The zero-order chi connectivity index (χ0) is 15.5. The Morgan fingerprint density at radius 3 is 2.38 bits per heavy atom. The van der Waals surface area contributed by atoms with E-state index in [2.05, 4.69) is 4.72 Å². The fourth-order valence-corrected chi connectivity index (χ4v) is 3.34. The summed E-state index contributed by atoms with van der Waals surface area (Å²) >= 11 is 0. The number of ether oxygens (including phenoxy) is 1. The van der Waals surface area contributed by atoms with Crippen LogP contribution in [-0.2, 0) is 16.5 Å². The van der Waals surface area contributed by atoms with Crippen LogP contribution in [0.25, 0.3) is 0 Å². The molecule has 0 radical (unpaired) electrons. The molecule has 2 aromatic carbocycles. The van der Waals surface area contributed by atoms with Crippen molar-refractivity contribution >= 4 is 11.0 Å². The summed E-state index contributed by atoms with van der Waals surface area (Å²) in [4.78, 5) is 0.659. The first-order valence-electron chi connectivity index (χ1n) is 6.84. The van der Waals surface area contributed by atoms with Gasteiger partial charge in [0.1, 0.15) is 16.7 Å². The van der Waals surface area contributed by atoms with Gasteiger partial charge < -0.3 is 4.74 Å². The van der Waals surface area contributed by atoms with Gasteiger partial charge in [-0.1, -0.05) is 36.4 Å². The molecule has 2 rings (SSSR count). The summed E-state index contributed by atoms with van der Waals surface area (Å²) in [5, 5.41) is 0. The van der Waals surface area contributed by atoms with Crippen molar-refractivity contribution in [2.45, 2.75) is 31.2 Å². The van der Waals surface area contributed by atoms with E-state index in [0.29, 0.717) is 10.6 Å². The second-order valence-electron chi connectivity index (χ2n) is 5.52. The summed E-state index contributed by atoms with van der Waals surface area (Å²) in [5.74, 6) is 0.643. The van der Waals surface area contributed by atoms with E-state index in [4.69, 9.17) is 4.74 Å². The Labute approximate surface area is 128 Å². The van der Waals surface area contributed by atoms with Crippen molar-refractivity contribution in [1.82, 2.24) is 4.72 Å². The Morgan fingerprint density at radius 1 is 1.10 bits per heavy atom. The maximum Gasteiger partial charge on any atom is 0.136 e. The fourth-order valence-electron chi connectivity index (χ4n) is 2.13. The molecular formula is C17H21NO2S. The van der Waals surface area contributed by atoms with E-state index in [1.54, 1.807) is 7.11 Å². The molecule has 0 aromatic heterocycles. The standard InChI is InChI=1S/C17H21NO2S/c1-13-10-11-16(15(12-13)20-4)21(19)18-17(2,3)14-8-6-5-7-9-14/h5-12,18H,1-4H3. The Bertz CT molecular complexity index is 638. The van der Waals surface area contributed by atoms with Crippen molar-refractivity contribution in [3.05, 3.63) is 59.7 Å². The van der Waals surface area contributed by atoms with Gasteiger partial charge in [0.05, 0.1) is 17.5 Å². The average Bonchev–Trinajstić information content (AvgIpc) is 2.47. The van der Waals surface area contributed by atoms with Crippen molar-refractivity contribution in [3.8, 4) is 5.75 Å². The highest BCUT2D eigenvalue weighted by Crippen LogP contribution is 2.26. The predicted molar refractivity (Wildman–Crippen MR) is 86.7 cm³/mol. The van der Waals surface area contributed by atoms with Gasteiger partial charge in [0.15, 0.2) is 0 Å². The van der Waals surface area contributed by atoms with Gasteiger partial charge in [-0.05, 0) is 44.0 Å². The lowest BCUT2D eigenvalue weighted by Crippen LogP contribution is -2.37. The first-order chi connectivity index (χ1) is 9.94. The van der Waals surface area contributed by atoms with E-state index in [1.165, 1.54) is 0 Å². The van der Waals surface area contributed by atoms with Gasteiger partial charge in [0.2, 0.25) is 0 Å². The molecule has 0 amide bonds. The molecule has 0 heterocycles. The molecule has 1 N–H and O–H groups in total. The molecule has 4 heteroatoms. The predicted octanol–water partition coefficient (Wildman–Crippen LogP) is 3.55. The van der Waals surface area contributed by atoms with Crippen LogP contribution in [0.1, 0.15) is 25.0 Å². The van der Waals surface area contributed by atoms with Crippen LogP contribution in [0, 0.1) is 6.92 Å². The lowest BCUT2D eigenvalue weighted by Gasteiger charge is -2.26. The van der Waals surface area contributed by atoms with E-state index in [9.17, 15) is 4.21 Å². The van der Waals surface area contributed by atoms with Crippen molar-refractivity contribution in [2.75, 3.05) is 7.11 Å². The van der Waals surface area contributed by atoms with Crippen LogP contribution >= 0.6 is 0 Å². The molecule has 21 heavy (non-hydrogen) atoms. The largest absolute Gasteiger partial charge is 0.495 e. The molecule has 3 nitrogen and oxygen atoms in total. The summed E-state index contributed by atoms with van der Waals surface area (Å²) in [7, 11) is 0.247. The zero-order valence-electron chi connectivity index (χ0n) is 12.8. The van der Waals surface area contributed by atoms with Crippen LogP contribution in [-0.4, -0.2) is 11.3 Å². The molecule has 2 aromatic rings. The van der Waals surface area contributed by atoms with Gasteiger partial charge in [0.25, 0.3) is 0 Å². The lowest BCUT2D eigenvalue weighted by atomic mass is 9.96. The minimum atomic E-state index is -1.35. The number of hydrogen-bond donors (Lipinski definition) is 1. The number of nitrogens with one attached hydrogen (secondary N) is 1. The van der Waals surface area contributed by atoms with E-state index < -0.39 is 16.5 Å². The second-order valence-corrected chi connectivity index (χ2v) is 6.70. The summed E-state index contributed by atoms with van der Waals surface area (Å²) in [6.45, 7) is 6.01. The van der Waals surface area contributed by atoms with Gasteiger partial charge in [-0.2, -0.15) is 0 Å². The van der Waals surface area contributed by atoms with Gasteiger partial charge in [-0.15, -0.1) is 0 Å². The number of rotatable bonds is 5. The number of hydrogen-bond acceptors (Lipinski definition) is 2. The number of methoxy groups -OCH3 is 1. The maximum atomic E-state index is 12.6. The highest BCUT2D eigenvalue weighted by molar-refractivity contribution is 7.83. The number of aryl methyl sites for hydroxylation is 1. The smallest absolute Gasteiger partial charge is 0.136 e. The van der Waals surface area contributed by atoms with Crippen LogP contribution in [0.15, 0.2) is 53.4 Å². The number of benzene rings is 2. The van der Waals surface area contributed by atoms with Gasteiger partial charge in [0, 0.05) is 0 Å². The topological polar surface area (TPSA) is 38.3 Å². The molecule has 0 aliphatic rings. The van der Waals surface area contributed by atoms with Crippen molar-refractivity contribution in [2.24, 2.45) is 0 Å². The molecular weight excluding hydrogens is 282 g/mol. The first-order valence-corrected chi connectivity index (χ1v) is 7.99. The summed E-state index contributed by atoms with van der Waals surface area (Å²) in [6.07, 6.45) is 0. The third kappa shape index (κ3) is 3.71. The molecule has 0 saturated heterocycles. The van der Waals surface area contributed by atoms with Gasteiger partial charge in [-0.25, -0.2) is 8.93 Å². The summed E-state index contributed by atoms with van der Waals surface area (Å²) < 4.78 is 21.2. The summed E-state index contributed by atoms with van der Waals surface area (Å²) in [5.41, 5.74) is 1.77. The second kappa shape index (κ2) is 6.41. The molecule has 0 aliphatic carbocycles. The molecule has 0 spiro atoms. The first kappa shape index (κ1) is 15.7. The molecule has 0 fully saturated rings. The van der Waals surface area contributed by atoms with E-state index in [1.807, 2.05) is 69.3 Å². The minimum absolute atomic E-state index is 0.401. The Hall–Kier alpha value is -1.65. The fraction of sp³-hybridized carbons (Fsp3) is 0.294. The van der Waals surface area contributed by atoms with Crippen LogP contribution in [0.3, 0.4) is 0 Å². The third-order valence-corrected chi connectivity index (χ3v) is 4.79. The SMILES string of the molecule is COc1cc(C)ccc1S(=O)NC(C)(C)c1ccccc1. The normalized spacial score (nSPS) is 13.0. The van der Waals surface area contributed by atoms with Gasteiger partial charge >= 0.3 is 0 Å². The lowest BCUT2D eigenvalue weighted by molar-refractivity contribution is 0.402. The molecule has 0 aliphatic heterocycles. The monoisotopic (exact) mass is 303 g/mol. The Kier molecular flexibility index (Phi) is 4.80. The highest BCUT2D eigenvalue weighted by Gasteiger charge is 2.24. The highest BCUT2D eigenvalue weighted by atomic mass is 32.2. The van der Waals surface area contributed by atoms with Crippen LogP contribution < -0.4 is 9.46 Å². The third-order valence-electron chi connectivity index (χ3n) is 3.36. The molecule has 1 atom stereocenters. The van der Waals surface area contributed by atoms with Crippen LogP contribution in [0.4, 0.5) is 0 Å². The minimum Gasteiger partial charge on any atom is -0.495 e. The van der Waals surface area contributed by atoms with E-state index in [0.717, 1.165) is 11.1 Å². The molecule has 112 valence electrons. The Balaban J connectivity index is 2.26. The van der Waals surface area contributed by atoms with Crippen LogP contribution in [0.2, 0.25) is 0 Å². The van der Waals surface area contributed by atoms with E-state index >= 15 is 0 Å². The van der Waals surface area contributed by atoms with Crippen LogP contribution in [0.5, 0.6) is 5.75 Å². The van der Waals surface area contributed by atoms with Crippen molar-refractivity contribution in [1.29, 1.82) is 0 Å². The summed E-state index contributed by atoms with van der Waals surface area (Å²) in [6, 6.07) is 15.7. The van der Waals surface area contributed by atoms with E-state index in [-0.39, 0.29) is 0 Å². The maximum absolute atomic E-state index is 12.6.